The first-order valence-corrected chi connectivity index (χ1v) is 32.7. The molecule has 0 saturated heterocycles. The average molecular weight is 1240 g/mol. The average Bonchev–Trinajstić information content (AvgIpc) is 3.52. The number of ether oxygens (including phenoxy) is 20. The molecule has 0 fully saturated rings. The van der Waals surface area contributed by atoms with Crippen LogP contribution in [0.2, 0.25) is 0 Å². The van der Waals surface area contributed by atoms with Gasteiger partial charge in [0.05, 0.1) is 218 Å². The van der Waals surface area contributed by atoms with Crippen molar-refractivity contribution < 1.29 is 99.8 Å². The van der Waals surface area contributed by atoms with E-state index in [0.717, 1.165) is 71.2 Å². The SMILES string of the molecule is C=COCC(COCCOCCC)COCC(COCCOCCC)COCC(COCCOCCC)COCC(COCCOCCC)COCC(COCCOCCC)COCC(COCCOCCC)COCCOCCC.CCCO. The van der Waals surface area contributed by atoms with E-state index < -0.39 is 0 Å². The third-order valence-electron chi connectivity index (χ3n) is 11.7. The van der Waals surface area contributed by atoms with Crippen molar-refractivity contribution in [3.8, 4) is 0 Å². The Bertz CT molecular complexity index is 1200. The quantitative estimate of drug-likeness (QED) is 0.0448. The summed E-state index contributed by atoms with van der Waals surface area (Å²) in [6.45, 7) is 40.7. The maximum atomic E-state index is 7.88. The molecule has 0 spiro atoms. The summed E-state index contributed by atoms with van der Waals surface area (Å²) in [6.07, 6.45) is 9.05. The Balaban J connectivity index is 0. The van der Waals surface area contributed by atoms with Crippen molar-refractivity contribution in [2.24, 2.45) is 35.5 Å². The topological polar surface area (TPSA) is 205 Å². The summed E-state index contributed by atoms with van der Waals surface area (Å²) in [5.74, 6) is -0.151. The van der Waals surface area contributed by atoms with Gasteiger partial charge in [0.25, 0.3) is 0 Å². The summed E-state index contributed by atoms with van der Waals surface area (Å²) in [5, 5.41) is 7.88. The van der Waals surface area contributed by atoms with Crippen LogP contribution in [0.25, 0.3) is 0 Å². The first kappa shape index (κ1) is 85.8. The molecule has 0 aromatic heterocycles. The molecule has 21 heteroatoms. The van der Waals surface area contributed by atoms with Gasteiger partial charge in [0, 0.05) is 88.4 Å². The Morgan fingerprint density at radius 2 is 0.353 bits per heavy atom. The molecule has 0 aliphatic carbocycles. The minimum atomic E-state index is -0.0622. The molecule has 512 valence electrons. The van der Waals surface area contributed by atoms with E-state index in [-0.39, 0.29) is 35.5 Å². The highest BCUT2D eigenvalue weighted by molar-refractivity contribution is 4.66. The standard InChI is InChI=1S/C61H122O20.C3H8O/c1-9-17-63-24-31-70-39-56(38-62-16-8)46-77-48-58(42-73-34-27-66-20-12-4)50-79-52-60(44-75-36-29-68-22-14-6)54-81-55-61(45-76-37-30-69-23-15-7)53-80-51-59(43-74-35-28-67-21-13-5)49-78-47-57(40-71-32-25-64-18-10-2)41-72-33-26-65-19-11-3;1-2-3-4/h16,56-61H,8-15,17-55H2,1-7H3;4H,2-3H2,1H3. The van der Waals surface area contributed by atoms with E-state index >= 15 is 0 Å². The zero-order valence-electron chi connectivity index (χ0n) is 55.3. The second-order valence-electron chi connectivity index (χ2n) is 20.9. The van der Waals surface area contributed by atoms with Crippen LogP contribution in [0.1, 0.15) is 107 Å². The van der Waals surface area contributed by atoms with Gasteiger partial charge in [-0.2, -0.15) is 0 Å². The fraction of sp³-hybridized carbons (Fsp3) is 0.969. The minimum absolute atomic E-state index is 0.0144. The lowest BCUT2D eigenvalue weighted by Gasteiger charge is -2.24. The number of rotatable bonds is 73. The second kappa shape index (κ2) is 75.2. The Kier molecular flexibility index (Phi) is 75.9. The van der Waals surface area contributed by atoms with E-state index in [2.05, 4.69) is 55.0 Å². The van der Waals surface area contributed by atoms with Gasteiger partial charge in [-0.25, -0.2) is 0 Å². The number of hydrogen-bond acceptors (Lipinski definition) is 21. The molecular formula is C64H130O21. The molecule has 0 aromatic rings. The van der Waals surface area contributed by atoms with E-state index in [1.807, 2.05) is 6.92 Å². The van der Waals surface area contributed by atoms with Crippen LogP contribution < -0.4 is 0 Å². The second-order valence-corrected chi connectivity index (χ2v) is 20.9. The monoisotopic (exact) mass is 1230 g/mol. The van der Waals surface area contributed by atoms with Crippen LogP contribution in [0.3, 0.4) is 0 Å². The highest BCUT2D eigenvalue weighted by Crippen LogP contribution is 2.12. The maximum absolute atomic E-state index is 7.88. The molecular weight excluding hydrogens is 1100 g/mol. The molecule has 5 atom stereocenters. The molecule has 0 saturated carbocycles. The van der Waals surface area contributed by atoms with Crippen LogP contribution in [0.4, 0.5) is 0 Å². The summed E-state index contributed by atoms with van der Waals surface area (Å²) in [7, 11) is 0. The van der Waals surface area contributed by atoms with Gasteiger partial charge in [0.1, 0.15) is 0 Å². The zero-order chi connectivity index (χ0) is 62.3. The molecule has 0 amide bonds. The van der Waals surface area contributed by atoms with Gasteiger partial charge in [0.2, 0.25) is 0 Å². The highest BCUT2D eigenvalue weighted by Gasteiger charge is 2.20. The van der Waals surface area contributed by atoms with E-state index in [0.29, 0.717) is 244 Å². The lowest BCUT2D eigenvalue weighted by Crippen LogP contribution is -2.31. The first-order valence-electron chi connectivity index (χ1n) is 32.7. The van der Waals surface area contributed by atoms with Gasteiger partial charge in [-0.05, 0) is 51.4 Å². The molecule has 1 N–H and O–H groups in total. The molecule has 0 bridgehead atoms. The predicted octanol–water partition coefficient (Wildman–Crippen LogP) is 8.42. The van der Waals surface area contributed by atoms with Gasteiger partial charge in [-0.3, -0.25) is 0 Å². The summed E-state index contributed by atoms with van der Waals surface area (Å²) >= 11 is 0. The van der Waals surface area contributed by atoms with E-state index in [1.54, 1.807) is 0 Å². The van der Waals surface area contributed by atoms with Gasteiger partial charge in [-0.15, -0.1) is 0 Å². The Morgan fingerprint density at radius 1 is 0.212 bits per heavy atom. The lowest BCUT2D eigenvalue weighted by atomic mass is 10.1. The molecule has 0 rings (SSSR count). The molecule has 0 radical (unpaired) electrons. The minimum Gasteiger partial charge on any atom is -0.501 e. The molecule has 85 heavy (non-hydrogen) atoms. The van der Waals surface area contributed by atoms with Gasteiger partial charge < -0.3 is 99.8 Å². The van der Waals surface area contributed by atoms with Crippen molar-refractivity contribution >= 4 is 0 Å². The van der Waals surface area contributed by atoms with Crippen molar-refractivity contribution in [1.82, 2.24) is 0 Å². The number of hydrogen-bond donors (Lipinski definition) is 1. The van der Waals surface area contributed by atoms with Crippen molar-refractivity contribution in [3.63, 3.8) is 0 Å². The van der Waals surface area contributed by atoms with E-state index in [9.17, 15) is 0 Å². The Labute approximate surface area is 517 Å². The maximum Gasteiger partial charge on any atom is 0.0945 e. The van der Waals surface area contributed by atoms with Gasteiger partial charge in [-0.1, -0.05) is 62.0 Å². The zero-order valence-corrected chi connectivity index (χ0v) is 55.3. The van der Waals surface area contributed by atoms with E-state index in [4.69, 9.17) is 99.8 Å². The summed E-state index contributed by atoms with van der Waals surface area (Å²) in [5.41, 5.74) is 0. The largest absolute Gasteiger partial charge is 0.501 e. The summed E-state index contributed by atoms with van der Waals surface area (Å²) in [6, 6.07) is 0. The molecule has 0 aromatic carbocycles. The summed E-state index contributed by atoms with van der Waals surface area (Å²) in [4.78, 5) is 0. The van der Waals surface area contributed by atoms with Gasteiger partial charge >= 0.3 is 0 Å². The predicted molar refractivity (Wildman–Crippen MR) is 332 cm³/mol. The fourth-order valence-corrected chi connectivity index (χ4v) is 7.38. The first-order chi connectivity index (χ1) is 41.9. The summed E-state index contributed by atoms with van der Waals surface area (Å²) < 4.78 is 119. The smallest absolute Gasteiger partial charge is 0.0945 e. The van der Waals surface area contributed by atoms with Crippen LogP contribution in [-0.2, 0) is 94.7 Å². The molecule has 0 aliphatic heterocycles. The molecule has 0 heterocycles. The van der Waals surface area contributed by atoms with Crippen molar-refractivity contribution in [2.45, 2.75) is 107 Å². The number of aliphatic hydroxyl groups excluding tert-OH is 1. The lowest BCUT2D eigenvalue weighted by molar-refractivity contribution is -0.0702. The number of aliphatic hydroxyl groups is 1. The fourth-order valence-electron chi connectivity index (χ4n) is 7.38. The third-order valence-corrected chi connectivity index (χ3v) is 11.7. The Hall–Kier alpha value is -1.26. The van der Waals surface area contributed by atoms with Crippen molar-refractivity contribution in [1.29, 1.82) is 0 Å². The van der Waals surface area contributed by atoms with Crippen molar-refractivity contribution in [2.75, 3.05) is 264 Å². The third kappa shape index (κ3) is 67.0. The normalized spacial score (nSPS) is 13.5. The van der Waals surface area contributed by atoms with Crippen LogP contribution in [-0.4, -0.2) is 269 Å². The Morgan fingerprint density at radius 3 is 0.494 bits per heavy atom. The van der Waals surface area contributed by atoms with Crippen LogP contribution in [0.5, 0.6) is 0 Å². The molecule has 0 aliphatic rings. The van der Waals surface area contributed by atoms with Gasteiger partial charge in [0.15, 0.2) is 0 Å². The molecule has 5 unspecified atom stereocenters. The van der Waals surface area contributed by atoms with Crippen LogP contribution in [0, 0.1) is 35.5 Å². The van der Waals surface area contributed by atoms with Crippen molar-refractivity contribution in [3.05, 3.63) is 12.8 Å². The van der Waals surface area contributed by atoms with Crippen LogP contribution >= 0.6 is 0 Å². The van der Waals surface area contributed by atoms with E-state index in [1.165, 1.54) is 6.26 Å². The highest BCUT2D eigenvalue weighted by atomic mass is 16.6. The van der Waals surface area contributed by atoms with Crippen LogP contribution in [0.15, 0.2) is 12.8 Å². The molecule has 21 nitrogen and oxygen atoms in total.